The average Bonchev–Trinajstić information content (AvgIpc) is 2.33. The maximum Gasteiger partial charge on any atom is 0.336 e. The van der Waals surface area contributed by atoms with Crippen molar-refractivity contribution in [3.05, 3.63) is 21.9 Å². The van der Waals surface area contributed by atoms with Crippen molar-refractivity contribution in [2.45, 2.75) is 5.75 Å². The Labute approximate surface area is 67.9 Å². The lowest BCUT2D eigenvalue weighted by Crippen LogP contribution is -1.96. The average molecular weight is 174 g/mol. The zero-order valence-corrected chi connectivity index (χ0v) is 6.78. The number of thiophene rings is 1. The predicted molar refractivity (Wildman–Crippen MR) is 44.0 cm³/mol. The Bertz CT molecular complexity index is 242. The number of aromatic carboxylic acids is 1. The molecule has 4 heteroatoms. The second-order valence-corrected chi connectivity index (χ2v) is 2.83. The van der Waals surface area contributed by atoms with Crippen molar-refractivity contribution < 1.29 is 9.90 Å². The summed E-state index contributed by atoms with van der Waals surface area (Å²) in [5.41, 5.74) is 1.17. The number of rotatable bonds is 2. The van der Waals surface area contributed by atoms with Crippen molar-refractivity contribution in [2.24, 2.45) is 0 Å². The second-order valence-electron chi connectivity index (χ2n) is 1.77. The van der Waals surface area contributed by atoms with Crippen LogP contribution in [-0.2, 0) is 5.75 Å². The molecule has 1 heterocycles. The van der Waals surface area contributed by atoms with E-state index in [0.717, 1.165) is 5.56 Å². The first-order chi connectivity index (χ1) is 4.75. The molecule has 0 fully saturated rings. The molecule has 0 saturated carbocycles. The highest BCUT2D eigenvalue weighted by molar-refractivity contribution is 7.79. The first kappa shape index (κ1) is 7.63. The van der Waals surface area contributed by atoms with Crippen molar-refractivity contribution in [3.63, 3.8) is 0 Å². The van der Waals surface area contributed by atoms with Crippen molar-refractivity contribution in [1.82, 2.24) is 0 Å². The number of carboxylic acid groups (broad SMARTS) is 1. The van der Waals surface area contributed by atoms with Crippen LogP contribution in [0.2, 0.25) is 0 Å². The topological polar surface area (TPSA) is 37.3 Å². The van der Waals surface area contributed by atoms with Crippen molar-refractivity contribution in [2.75, 3.05) is 0 Å². The van der Waals surface area contributed by atoms with Crippen molar-refractivity contribution in [3.8, 4) is 0 Å². The van der Waals surface area contributed by atoms with Gasteiger partial charge in [-0.2, -0.15) is 24.0 Å². The molecule has 0 atom stereocenters. The number of thiol groups is 1. The largest absolute Gasteiger partial charge is 0.478 e. The van der Waals surface area contributed by atoms with Gasteiger partial charge in [-0.1, -0.05) is 0 Å². The van der Waals surface area contributed by atoms with Gasteiger partial charge >= 0.3 is 5.97 Å². The molecule has 0 aromatic carbocycles. The molecule has 0 amide bonds. The minimum Gasteiger partial charge on any atom is -0.478 e. The molecule has 0 spiro atoms. The molecular formula is C6H6O2S2. The van der Waals surface area contributed by atoms with Gasteiger partial charge in [0.2, 0.25) is 0 Å². The molecule has 0 aliphatic heterocycles. The fourth-order valence-electron chi connectivity index (χ4n) is 0.634. The van der Waals surface area contributed by atoms with E-state index in [2.05, 4.69) is 12.6 Å². The summed E-state index contributed by atoms with van der Waals surface area (Å²) in [4.78, 5) is 10.4. The maximum atomic E-state index is 10.4. The lowest BCUT2D eigenvalue weighted by atomic mass is 10.2. The zero-order valence-electron chi connectivity index (χ0n) is 5.07. The molecular weight excluding hydrogens is 168 g/mol. The number of carboxylic acids is 1. The molecule has 0 aliphatic carbocycles. The Morgan fingerprint density at radius 3 is 2.80 bits per heavy atom. The molecule has 0 bridgehead atoms. The Hall–Kier alpha value is -0.480. The molecule has 10 heavy (non-hydrogen) atoms. The minimum atomic E-state index is -0.870. The van der Waals surface area contributed by atoms with Gasteiger partial charge in [-0.15, -0.1) is 0 Å². The molecule has 1 N–H and O–H groups in total. The Morgan fingerprint density at radius 1 is 1.70 bits per heavy atom. The van der Waals surface area contributed by atoms with Crippen LogP contribution in [0, 0.1) is 0 Å². The molecule has 0 saturated heterocycles. The van der Waals surface area contributed by atoms with Crippen LogP contribution in [0.5, 0.6) is 0 Å². The molecule has 1 aromatic heterocycles. The van der Waals surface area contributed by atoms with Gasteiger partial charge in [-0.3, -0.25) is 0 Å². The van der Waals surface area contributed by atoms with Gasteiger partial charge < -0.3 is 5.11 Å². The second kappa shape index (κ2) is 3.07. The third-order valence-electron chi connectivity index (χ3n) is 1.14. The monoisotopic (exact) mass is 174 g/mol. The standard InChI is InChI=1S/C6H6O2S2/c7-6(8)5-3-10-2-4(5)1-9/h2-3,9H,1H2,(H,7,8). The molecule has 0 unspecified atom stereocenters. The van der Waals surface area contributed by atoms with Gasteiger partial charge in [0.1, 0.15) is 0 Å². The lowest BCUT2D eigenvalue weighted by molar-refractivity contribution is 0.0696. The van der Waals surface area contributed by atoms with E-state index in [9.17, 15) is 4.79 Å². The van der Waals surface area contributed by atoms with E-state index in [1.807, 2.05) is 0 Å². The normalized spacial score (nSPS) is 9.70. The van der Waals surface area contributed by atoms with Gasteiger partial charge in [0.15, 0.2) is 0 Å². The Kier molecular flexibility index (Phi) is 2.34. The van der Waals surface area contributed by atoms with E-state index in [4.69, 9.17) is 5.11 Å². The van der Waals surface area contributed by atoms with Crippen LogP contribution in [-0.4, -0.2) is 11.1 Å². The zero-order chi connectivity index (χ0) is 7.56. The van der Waals surface area contributed by atoms with Gasteiger partial charge in [-0.25, -0.2) is 4.79 Å². The van der Waals surface area contributed by atoms with Crippen LogP contribution in [0.4, 0.5) is 0 Å². The number of hydrogen-bond donors (Lipinski definition) is 2. The molecule has 0 radical (unpaired) electrons. The van der Waals surface area contributed by atoms with Crippen LogP contribution in [0.25, 0.3) is 0 Å². The summed E-state index contributed by atoms with van der Waals surface area (Å²) in [6.45, 7) is 0. The highest BCUT2D eigenvalue weighted by atomic mass is 32.1. The smallest absolute Gasteiger partial charge is 0.336 e. The molecule has 1 aromatic rings. The fraction of sp³-hybridized carbons (Fsp3) is 0.167. The first-order valence-electron chi connectivity index (χ1n) is 2.65. The van der Waals surface area contributed by atoms with E-state index in [0.29, 0.717) is 11.3 Å². The van der Waals surface area contributed by atoms with Crippen LogP contribution in [0.1, 0.15) is 15.9 Å². The quantitative estimate of drug-likeness (QED) is 0.672. The fourth-order valence-corrected chi connectivity index (χ4v) is 1.85. The van der Waals surface area contributed by atoms with E-state index in [-0.39, 0.29) is 0 Å². The van der Waals surface area contributed by atoms with E-state index in [1.54, 1.807) is 10.8 Å². The number of carbonyl (C=O) groups is 1. The lowest BCUT2D eigenvalue weighted by Gasteiger charge is -1.91. The summed E-state index contributed by atoms with van der Waals surface area (Å²) >= 11 is 5.37. The highest BCUT2D eigenvalue weighted by Gasteiger charge is 2.08. The van der Waals surface area contributed by atoms with Gasteiger partial charge in [0.25, 0.3) is 0 Å². The predicted octanol–water partition coefficient (Wildman–Crippen LogP) is 1.88. The molecule has 0 aliphatic rings. The summed E-state index contributed by atoms with van der Waals surface area (Å²) in [6.07, 6.45) is 0. The van der Waals surface area contributed by atoms with Gasteiger partial charge in [0, 0.05) is 11.1 Å². The minimum absolute atomic E-state index is 0.375. The highest BCUT2D eigenvalue weighted by Crippen LogP contribution is 2.16. The summed E-state index contributed by atoms with van der Waals surface area (Å²) in [5, 5.41) is 12.0. The number of hydrogen-bond acceptors (Lipinski definition) is 3. The van der Waals surface area contributed by atoms with Crippen LogP contribution in [0.15, 0.2) is 10.8 Å². The van der Waals surface area contributed by atoms with E-state index < -0.39 is 5.97 Å². The summed E-state index contributed by atoms with van der Waals surface area (Å²) in [7, 11) is 0. The van der Waals surface area contributed by atoms with Crippen LogP contribution >= 0.6 is 24.0 Å². The van der Waals surface area contributed by atoms with Crippen molar-refractivity contribution >= 4 is 29.9 Å². The first-order valence-corrected chi connectivity index (χ1v) is 4.22. The maximum absolute atomic E-state index is 10.4. The Balaban J connectivity index is 3.01. The SMILES string of the molecule is O=C(O)c1cscc1CS. The third kappa shape index (κ3) is 1.33. The summed E-state index contributed by atoms with van der Waals surface area (Å²) in [6, 6.07) is 0. The van der Waals surface area contributed by atoms with Crippen molar-refractivity contribution in [1.29, 1.82) is 0 Å². The summed E-state index contributed by atoms with van der Waals surface area (Å²) in [5.74, 6) is -0.379. The molecule has 2 nitrogen and oxygen atoms in total. The van der Waals surface area contributed by atoms with Gasteiger partial charge in [0.05, 0.1) is 5.56 Å². The molecule has 1 rings (SSSR count). The molecule has 54 valence electrons. The van der Waals surface area contributed by atoms with Crippen LogP contribution in [0.3, 0.4) is 0 Å². The van der Waals surface area contributed by atoms with Gasteiger partial charge in [-0.05, 0) is 10.9 Å². The van der Waals surface area contributed by atoms with Crippen LogP contribution < -0.4 is 0 Å². The van der Waals surface area contributed by atoms with E-state index >= 15 is 0 Å². The third-order valence-corrected chi connectivity index (χ3v) is 2.28. The van der Waals surface area contributed by atoms with E-state index in [1.165, 1.54) is 11.3 Å². The summed E-state index contributed by atoms with van der Waals surface area (Å²) < 4.78 is 0. The Morgan fingerprint density at radius 2 is 2.40 bits per heavy atom.